The summed E-state index contributed by atoms with van der Waals surface area (Å²) in [5.41, 5.74) is 1.03. The van der Waals surface area contributed by atoms with Crippen LogP contribution in [0.3, 0.4) is 0 Å². The predicted octanol–water partition coefficient (Wildman–Crippen LogP) is 4.16. The third-order valence-electron chi connectivity index (χ3n) is 8.41. The van der Waals surface area contributed by atoms with E-state index in [0.29, 0.717) is 36.2 Å². The van der Waals surface area contributed by atoms with Crippen molar-refractivity contribution >= 4 is 17.3 Å². The molecule has 25 heavy (non-hydrogen) atoms. The minimum absolute atomic E-state index is 0.0533. The van der Waals surface area contributed by atoms with Gasteiger partial charge >= 0.3 is 0 Å². The summed E-state index contributed by atoms with van der Waals surface area (Å²) < 4.78 is 0. The fourth-order valence-electron chi connectivity index (χ4n) is 6.91. The number of carbonyl (C=O) groups excluding carboxylic acids is 2. The van der Waals surface area contributed by atoms with Gasteiger partial charge in [0.15, 0.2) is 5.78 Å². The molecular formula is C21H29NO3. The molecule has 0 saturated heterocycles. The Morgan fingerprint density at radius 1 is 1.08 bits per heavy atom. The maximum Gasteiger partial charge on any atom is 0.186 e. The molecule has 0 bridgehead atoms. The van der Waals surface area contributed by atoms with Crippen LogP contribution in [0.4, 0.5) is 0 Å². The Labute approximate surface area is 149 Å². The zero-order valence-electron chi connectivity index (χ0n) is 15.8. The van der Waals surface area contributed by atoms with Gasteiger partial charge in [-0.2, -0.15) is 0 Å². The van der Waals surface area contributed by atoms with Crippen LogP contribution in [0.15, 0.2) is 16.8 Å². The van der Waals surface area contributed by atoms with Gasteiger partial charge in [-0.3, -0.25) is 9.59 Å². The van der Waals surface area contributed by atoms with E-state index in [-0.39, 0.29) is 27.9 Å². The van der Waals surface area contributed by atoms with Crippen molar-refractivity contribution in [2.24, 2.45) is 39.2 Å². The molecule has 5 atom stereocenters. The van der Waals surface area contributed by atoms with Crippen molar-refractivity contribution in [2.75, 3.05) is 0 Å². The van der Waals surface area contributed by atoms with Crippen molar-refractivity contribution in [3.05, 3.63) is 11.6 Å². The van der Waals surface area contributed by atoms with Crippen LogP contribution in [0.25, 0.3) is 0 Å². The largest absolute Gasteiger partial charge is 0.411 e. The Bertz CT molecular complexity index is 719. The lowest BCUT2D eigenvalue weighted by molar-refractivity contribution is -0.134. The van der Waals surface area contributed by atoms with Crippen molar-refractivity contribution in [2.45, 2.75) is 66.2 Å². The third-order valence-corrected chi connectivity index (χ3v) is 8.41. The van der Waals surface area contributed by atoms with Gasteiger partial charge in [0.2, 0.25) is 0 Å². The lowest BCUT2D eigenvalue weighted by atomic mass is 9.45. The standard InChI is InChI=1S/C21H29NO3/c1-19(2)16-6-5-12-13(20(16,3)10-8-17(19)23)7-9-21(4)14(12)11-15(22-25)18(21)24/h6,12-14,25H,5,7-11H2,1-4H3/b22-15+/t12-,13+,14+,20-,21+/m1/s1. The molecule has 3 saturated carbocycles. The van der Waals surface area contributed by atoms with E-state index in [2.05, 4.69) is 38.9 Å². The van der Waals surface area contributed by atoms with Crippen LogP contribution >= 0.6 is 0 Å². The van der Waals surface area contributed by atoms with E-state index in [0.717, 1.165) is 25.7 Å². The molecule has 0 aromatic rings. The maximum atomic E-state index is 12.7. The lowest BCUT2D eigenvalue weighted by Crippen LogP contribution is -2.53. The van der Waals surface area contributed by atoms with Gasteiger partial charge in [-0.25, -0.2) is 0 Å². The van der Waals surface area contributed by atoms with Crippen molar-refractivity contribution in [1.82, 2.24) is 0 Å². The van der Waals surface area contributed by atoms with E-state index in [9.17, 15) is 14.8 Å². The quantitative estimate of drug-likeness (QED) is 0.408. The average molecular weight is 343 g/mol. The number of hydrogen-bond acceptors (Lipinski definition) is 4. The van der Waals surface area contributed by atoms with E-state index in [1.54, 1.807) is 0 Å². The van der Waals surface area contributed by atoms with Gasteiger partial charge < -0.3 is 5.21 Å². The number of fused-ring (bicyclic) bond motifs is 5. The molecule has 136 valence electrons. The first-order chi connectivity index (χ1) is 11.7. The summed E-state index contributed by atoms with van der Waals surface area (Å²) in [5, 5.41) is 12.6. The number of nitrogens with zero attached hydrogens (tertiary/aromatic N) is 1. The number of Topliss-reactive ketones (excluding diaryl/α,β-unsaturated/α-hetero) is 2. The molecule has 0 unspecified atom stereocenters. The summed E-state index contributed by atoms with van der Waals surface area (Å²) in [6, 6.07) is 0. The summed E-state index contributed by atoms with van der Waals surface area (Å²) >= 11 is 0. The normalized spacial score (nSPS) is 47.1. The van der Waals surface area contributed by atoms with Crippen molar-refractivity contribution in [3.8, 4) is 0 Å². The van der Waals surface area contributed by atoms with Crippen LogP contribution in [0.5, 0.6) is 0 Å². The van der Waals surface area contributed by atoms with Crippen LogP contribution in [-0.4, -0.2) is 22.5 Å². The van der Waals surface area contributed by atoms with Gasteiger partial charge in [0.25, 0.3) is 0 Å². The Balaban J connectivity index is 1.76. The molecule has 4 heteroatoms. The molecule has 4 aliphatic rings. The molecule has 0 amide bonds. The topological polar surface area (TPSA) is 66.7 Å². The van der Waals surface area contributed by atoms with Crippen LogP contribution in [-0.2, 0) is 9.59 Å². The summed E-state index contributed by atoms with van der Waals surface area (Å²) in [5.74, 6) is 1.64. The summed E-state index contributed by atoms with van der Waals surface area (Å²) in [6.45, 7) is 8.59. The molecule has 0 spiro atoms. The highest BCUT2D eigenvalue weighted by atomic mass is 16.4. The van der Waals surface area contributed by atoms with Gasteiger partial charge in [0.1, 0.15) is 11.5 Å². The minimum Gasteiger partial charge on any atom is -0.411 e. The molecule has 0 radical (unpaired) electrons. The van der Waals surface area contributed by atoms with Crippen molar-refractivity contribution < 1.29 is 14.8 Å². The Kier molecular flexibility index (Phi) is 3.43. The zero-order valence-corrected chi connectivity index (χ0v) is 15.8. The maximum absolute atomic E-state index is 12.7. The molecule has 4 aliphatic carbocycles. The minimum atomic E-state index is -0.371. The van der Waals surface area contributed by atoms with Gasteiger partial charge in [-0.05, 0) is 62.7 Å². The fourth-order valence-corrected chi connectivity index (χ4v) is 6.91. The zero-order chi connectivity index (χ0) is 18.2. The van der Waals surface area contributed by atoms with E-state index in [4.69, 9.17) is 0 Å². The van der Waals surface area contributed by atoms with E-state index < -0.39 is 0 Å². The van der Waals surface area contributed by atoms with Crippen molar-refractivity contribution in [3.63, 3.8) is 0 Å². The van der Waals surface area contributed by atoms with E-state index in [1.807, 2.05) is 0 Å². The molecule has 0 heterocycles. The second kappa shape index (κ2) is 5.05. The Hall–Kier alpha value is -1.45. The fraction of sp³-hybridized carbons (Fsp3) is 0.762. The number of oxime groups is 1. The highest BCUT2D eigenvalue weighted by molar-refractivity contribution is 6.43. The first-order valence-corrected chi connectivity index (χ1v) is 9.66. The first-order valence-electron chi connectivity index (χ1n) is 9.66. The van der Waals surface area contributed by atoms with Gasteiger partial charge in [0.05, 0.1) is 0 Å². The summed E-state index contributed by atoms with van der Waals surface area (Å²) in [6.07, 6.45) is 7.36. The lowest BCUT2D eigenvalue weighted by Gasteiger charge is -2.58. The Morgan fingerprint density at radius 3 is 2.48 bits per heavy atom. The molecule has 0 aromatic carbocycles. The molecule has 3 fully saturated rings. The second-order valence-electron chi connectivity index (χ2n) is 9.73. The van der Waals surface area contributed by atoms with E-state index in [1.165, 1.54) is 5.57 Å². The first kappa shape index (κ1) is 17.0. The molecular weight excluding hydrogens is 314 g/mol. The molecule has 1 N–H and O–H groups in total. The second-order valence-corrected chi connectivity index (χ2v) is 9.73. The van der Waals surface area contributed by atoms with Crippen LogP contribution in [0, 0.1) is 34.0 Å². The van der Waals surface area contributed by atoms with Gasteiger partial charge in [0, 0.05) is 23.7 Å². The number of hydrogen-bond donors (Lipinski definition) is 1. The average Bonchev–Trinajstić information content (AvgIpc) is 2.83. The Morgan fingerprint density at radius 2 is 1.80 bits per heavy atom. The summed E-state index contributed by atoms with van der Waals surface area (Å²) in [4.78, 5) is 25.2. The van der Waals surface area contributed by atoms with Crippen LogP contribution in [0.2, 0.25) is 0 Å². The number of rotatable bonds is 0. The van der Waals surface area contributed by atoms with E-state index >= 15 is 0 Å². The van der Waals surface area contributed by atoms with Crippen LogP contribution in [0.1, 0.15) is 66.2 Å². The highest BCUT2D eigenvalue weighted by Gasteiger charge is 2.62. The predicted molar refractivity (Wildman–Crippen MR) is 95.5 cm³/mol. The molecule has 0 aliphatic heterocycles. The van der Waals surface area contributed by atoms with Gasteiger partial charge in [-0.1, -0.05) is 30.7 Å². The number of carbonyl (C=O) groups is 2. The SMILES string of the molecule is CC1(C)C(=O)CC[C@@]2(C)C1=CC[C@@H]1[C@@H]2CC[C@]2(C)C(=O)/C(=N/O)C[C@@H]12. The molecule has 0 aromatic heterocycles. The van der Waals surface area contributed by atoms with Crippen molar-refractivity contribution in [1.29, 1.82) is 0 Å². The molecule has 4 nitrogen and oxygen atoms in total. The summed E-state index contributed by atoms with van der Waals surface area (Å²) in [7, 11) is 0. The monoisotopic (exact) mass is 343 g/mol. The molecule has 4 rings (SSSR count). The smallest absolute Gasteiger partial charge is 0.186 e. The number of allylic oxidation sites excluding steroid dienone is 2. The van der Waals surface area contributed by atoms with Gasteiger partial charge in [-0.15, -0.1) is 0 Å². The third kappa shape index (κ3) is 1.97. The number of ketones is 2. The van der Waals surface area contributed by atoms with Crippen LogP contribution < -0.4 is 0 Å². The highest BCUT2D eigenvalue weighted by Crippen LogP contribution is 2.65.